The van der Waals surface area contributed by atoms with Gasteiger partial charge in [-0.25, -0.2) is 8.78 Å². The molecule has 1 aliphatic heterocycles. The zero-order valence-corrected chi connectivity index (χ0v) is 10.8. The molecule has 0 saturated heterocycles. The van der Waals surface area contributed by atoms with E-state index in [2.05, 4.69) is 0 Å². The third-order valence-corrected chi connectivity index (χ3v) is 2.83. The van der Waals surface area contributed by atoms with Gasteiger partial charge in [0.05, 0.1) is 13.2 Å². The van der Waals surface area contributed by atoms with Gasteiger partial charge in [-0.05, 0) is 17.7 Å². The molecule has 19 heavy (non-hydrogen) atoms. The van der Waals surface area contributed by atoms with Crippen molar-refractivity contribution >= 4 is 6.08 Å². The lowest BCUT2D eigenvalue weighted by Crippen LogP contribution is -2.10. The number of halogens is 2. The molecule has 0 amide bonds. The van der Waals surface area contributed by atoms with Gasteiger partial charge in [0.15, 0.2) is 11.5 Å². The van der Waals surface area contributed by atoms with Crippen LogP contribution in [0.25, 0.3) is 6.08 Å². The summed E-state index contributed by atoms with van der Waals surface area (Å²) in [4.78, 5) is 0. The molecule has 1 aromatic rings. The Morgan fingerprint density at radius 1 is 1.26 bits per heavy atom. The van der Waals surface area contributed by atoms with Crippen molar-refractivity contribution in [3.8, 4) is 11.5 Å². The second-order valence-electron chi connectivity index (χ2n) is 4.46. The molecule has 0 fully saturated rings. The van der Waals surface area contributed by atoms with Crippen molar-refractivity contribution in [3.05, 3.63) is 29.3 Å². The summed E-state index contributed by atoms with van der Waals surface area (Å²) < 4.78 is 38.2. The monoisotopic (exact) mass is 269 g/mol. The van der Waals surface area contributed by atoms with E-state index in [1.54, 1.807) is 18.2 Å². The Morgan fingerprint density at radius 3 is 2.47 bits per heavy atom. The average molecular weight is 269 g/mol. The highest BCUT2D eigenvalue weighted by Gasteiger charge is 2.29. The summed E-state index contributed by atoms with van der Waals surface area (Å²) >= 11 is 0. The standard InChI is InChI=1S/C14H17F2NO2/c1-14(15,16)11-9-13-12(18-6-3-7-19-13)8-10(11)4-2-5-17/h2,4,8-9H,3,5-7,17H2,1H3/b4-2+. The summed E-state index contributed by atoms with van der Waals surface area (Å²) in [6.45, 7) is 2.16. The van der Waals surface area contributed by atoms with E-state index in [-0.39, 0.29) is 5.56 Å². The summed E-state index contributed by atoms with van der Waals surface area (Å²) in [5.74, 6) is -2.07. The van der Waals surface area contributed by atoms with E-state index in [1.807, 2.05) is 0 Å². The van der Waals surface area contributed by atoms with Crippen molar-refractivity contribution in [2.24, 2.45) is 5.73 Å². The lowest BCUT2D eigenvalue weighted by molar-refractivity contribution is 0.0170. The van der Waals surface area contributed by atoms with E-state index in [0.29, 0.717) is 36.8 Å². The maximum Gasteiger partial charge on any atom is 0.271 e. The van der Waals surface area contributed by atoms with Gasteiger partial charge in [0.1, 0.15) is 0 Å². The number of ether oxygens (including phenoxy) is 2. The molecule has 0 saturated carbocycles. The minimum absolute atomic E-state index is 0.0820. The smallest absolute Gasteiger partial charge is 0.271 e. The second kappa shape index (κ2) is 5.57. The minimum Gasteiger partial charge on any atom is -0.490 e. The highest BCUT2D eigenvalue weighted by Crippen LogP contribution is 2.39. The van der Waals surface area contributed by atoms with Crippen LogP contribution in [0.2, 0.25) is 0 Å². The summed E-state index contributed by atoms with van der Waals surface area (Å²) in [5, 5.41) is 0. The number of alkyl halides is 2. The highest BCUT2D eigenvalue weighted by molar-refractivity contribution is 5.61. The molecule has 2 rings (SSSR count). The lowest BCUT2D eigenvalue weighted by Gasteiger charge is -2.17. The van der Waals surface area contributed by atoms with Gasteiger partial charge in [-0.3, -0.25) is 0 Å². The number of nitrogens with two attached hydrogens (primary N) is 1. The lowest BCUT2D eigenvalue weighted by atomic mass is 10.0. The third kappa shape index (κ3) is 3.23. The number of rotatable bonds is 3. The molecule has 0 aromatic heterocycles. The molecule has 1 aliphatic rings. The molecule has 3 nitrogen and oxygen atoms in total. The van der Waals surface area contributed by atoms with E-state index >= 15 is 0 Å². The molecule has 0 radical (unpaired) electrons. The van der Waals surface area contributed by atoms with Crippen molar-refractivity contribution in [1.29, 1.82) is 0 Å². The minimum atomic E-state index is -2.95. The maximum absolute atomic E-state index is 13.7. The fourth-order valence-corrected chi connectivity index (χ4v) is 1.94. The van der Waals surface area contributed by atoms with Crippen molar-refractivity contribution in [3.63, 3.8) is 0 Å². The molecule has 2 N–H and O–H groups in total. The van der Waals surface area contributed by atoms with E-state index in [9.17, 15) is 8.78 Å². The zero-order valence-electron chi connectivity index (χ0n) is 10.8. The zero-order chi connectivity index (χ0) is 13.9. The molecular weight excluding hydrogens is 252 g/mol. The Kier molecular flexibility index (Phi) is 4.04. The molecule has 1 aromatic carbocycles. The summed E-state index contributed by atoms with van der Waals surface area (Å²) in [5.41, 5.74) is 5.69. The van der Waals surface area contributed by atoms with Crippen LogP contribution in [-0.4, -0.2) is 19.8 Å². The van der Waals surface area contributed by atoms with Crippen LogP contribution in [0.5, 0.6) is 11.5 Å². The van der Waals surface area contributed by atoms with Gasteiger partial charge < -0.3 is 15.2 Å². The van der Waals surface area contributed by atoms with Gasteiger partial charge in [-0.15, -0.1) is 0 Å². The van der Waals surface area contributed by atoms with Crippen LogP contribution in [0.4, 0.5) is 8.78 Å². The van der Waals surface area contributed by atoms with Crippen LogP contribution in [0.3, 0.4) is 0 Å². The Balaban J connectivity index is 2.50. The largest absolute Gasteiger partial charge is 0.490 e. The van der Waals surface area contributed by atoms with Crippen molar-refractivity contribution < 1.29 is 18.3 Å². The van der Waals surface area contributed by atoms with Crippen LogP contribution in [0.15, 0.2) is 18.2 Å². The number of hydrogen-bond acceptors (Lipinski definition) is 3. The van der Waals surface area contributed by atoms with E-state index in [1.165, 1.54) is 6.07 Å². The maximum atomic E-state index is 13.7. The first-order valence-corrected chi connectivity index (χ1v) is 6.21. The topological polar surface area (TPSA) is 44.5 Å². The van der Waals surface area contributed by atoms with Crippen LogP contribution in [0, 0.1) is 0 Å². The van der Waals surface area contributed by atoms with Crippen LogP contribution >= 0.6 is 0 Å². The first-order chi connectivity index (χ1) is 9.02. The molecule has 0 atom stereocenters. The summed E-state index contributed by atoms with van der Waals surface area (Å²) in [6.07, 6.45) is 3.95. The Bertz CT molecular complexity index is 481. The first-order valence-electron chi connectivity index (χ1n) is 6.21. The molecule has 0 aliphatic carbocycles. The Morgan fingerprint density at radius 2 is 1.89 bits per heavy atom. The van der Waals surface area contributed by atoms with Crippen molar-refractivity contribution in [1.82, 2.24) is 0 Å². The van der Waals surface area contributed by atoms with E-state index in [4.69, 9.17) is 15.2 Å². The number of fused-ring (bicyclic) bond motifs is 1. The molecule has 1 heterocycles. The Hall–Kier alpha value is -1.62. The van der Waals surface area contributed by atoms with Gasteiger partial charge in [0.25, 0.3) is 5.92 Å². The average Bonchev–Trinajstić information content (AvgIpc) is 2.58. The molecule has 0 bridgehead atoms. The van der Waals surface area contributed by atoms with E-state index < -0.39 is 5.92 Å². The normalized spacial score (nSPS) is 15.6. The van der Waals surface area contributed by atoms with Gasteiger partial charge in [0.2, 0.25) is 0 Å². The SMILES string of the molecule is CC(F)(F)c1cc2c(cc1/C=C/CN)OCCCO2. The predicted molar refractivity (Wildman–Crippen MR) is 69.7 cm³/mol. The first kappa shape index (κ1) is 13.8. The molecule has 0 spiro atoms. The van der Waals surface area contributed by atoms with Gasteiger partial charge >= 0.3 is 0 Å². The van der Waals surface area contributed by atoms with Crippen molar-refractivity contribution in [2.75, 3.05) is 19.8 Å². The Labute approximate surface area is 111 Å². The van der Waals surface area contributed by atoms with Crippen molar-refractivity contribution in [2.45, 2.75) is 19.3 Å². The number of hydrogen-bond donors (Lipinski definition) is 1. The molecule has 104 valence electrons. The molecule has 0 unspecified atom stereocenters. The van der Waals surface area contributed by atoms with Gasteiger partial charge in [-0.1, -0.05) is 12.2 Å². The van der Waals surface area contributed by atoms with Crippen LogP contribution < -0.4 is 15.2 Å². The second-order valence-corrected chi connectivity index (χ2v) is 4.46. The fraction of sp³-hybridized carbons (Fsp3) is 0.429. The van der Waals surface area contributed by atoms with Gasteiger partial charge in [-0.2, -0.15) is 0 Å². The summed E-state index contributed by atoms with van der Waals surface area (Å²) in [6, 6.07) is 2.94. The fourth-order valence-electron chi connectivity index (χ4n) is 1.94. The third-order valence-electron chi connectivity index (χ3n) is 2.83. The highest BCUT2D eigenvalue weighted by atomic mass is 19.3. The predicted octanol–water partition coefficient (Wildman–Crippen LogP) is 2.93. The number of benzene rings is 1. The molecule has 5 heteroatoms. The van der Waals surface area contributed by atoms with E-state index in [0.717, 1.165) is 13.3 Å². The summed E-state index contributed by atoms with van der Waals surface area (Å²) in [7, 11) is 0. The van der Waals surface area contributed by atoms with Gasteiger partial charge in [0, 0.05) is 25.5 Å². The quantitative estimate of drug-likeness (QED) is 0.917. The molecular formula is C14H17F2NO2. The van der Waals surface area contributed by atoms with Crippen LogP contribution in [0.1, 0.15) is 24.5 Å². The van der Waals surface area contributed by atoms with Crippen LogP contribution in [-0.2, 0) is 5.92 Å².